The quantitative estimate of drug-likeness (QED) is 0.0599. The third-order valence-corrected chi connectivity index (χ3v) is 15.3. The van der Waals surface area contributed by atoms with Crippen molar-refractivity contribution >= 4 is 78.7 Å². The van der Waals surface area contributed by atoms with E-state index in [1.54, 1.807) is 11.7 Å². The van der Waals surface area contributed by atoms with Gasteiger partial charge in [0.05, 0.1) is 40.5 Å². The second-order valence-electron chi connectivity index (χ2n) is 19.2. The van der Waals surface area contributed by atoms with Gasteiger partial charge in [-0.25, -0.2) is 14.8 Å². The standard InChI is InChI=1S/C54H55N9O7S/c1-32-35(36-17-19-45(57-49(36)52(68)69)63-25-21-33-9-6-11-37(40(33)30-63)50(66)59-53-56-41-12-4-5-14-44(41)71-53)10-7-13-43(32)70-28-8-22-54(2)23-26-62(27-24-54)31-47(65)55-34-15-16-38-42(29-34)61(3)60-48(38)39-18-20-46(64)58-51(39)67/h4-7,9-17,19,29,39H,8,18,20-28,30-31H2,1-3H3,(H,55,65)(H,68,69)(H,56,59,66)(H,58,64,67). The second-order valence-corrected chi connectivity index (χ2v) is 20.2. The van der Waals surface area contributed by atoms with Crippen molar-refractivity contribution in [2.45, 2.75) is 71.3 Å². The Bertz CT molecular complexity index is 3210. The van der Waals surface area contributed by atoms with Crippen LogP contribution in [0.2, 0.25) is 0 Å². The van der Waals surface area contributed by atoms with Crippen LogP contribution in [0, 0.1) is 12.3 Å². The fraction of sp³-hybridized carbons (Fsp3) is 0.333. The third-order valence-electron chi connectivity index (χ3n) is 14.4. The number of carboxylic acid groups (broad SMARTS) is 1. The van der Waals surface area contributed by atoms with Gasteiger partial charge in [-0.15, -0.1) is 0 Å². The van der Waals surface area contributed by atoms with Crippen molar-refractivity contribution in [2.75, 3.05) is 48.3 Å². The van der Waals surface area contributed by atoms with E-state index < -0.39 is 11.9 Å². The molecule has 0 saturated carbocycles. The maximum Gasteiger partial charge on any atom is 0.355 e. The molecule has 4 N–H and O–H groups in total. The Balaban J connectivity index is 0.720. The number of hydrogen-bond acceptors (Lipinski definition) is 12. The maximum atomic E-state index is 13.6. The number of amides is 4. The van der Waals surface area contributed by atoms with Gasteiger partial charge in [0.15, 0.2) is 10.8 Å². The Morgan fingerprint density at radius 3 is 2.54 bits per heavy atom. The van der Waals surface area contributed by atoms with Crippen molar-refractivity contribution in [2.24, 2.45) is 12.5 Å². The van der Waals surface area contributed by atoms with Gasteiger partial charge >= 0.3 is 5.97 Å². The van der Waals surface area contributed by atoms with Crippen LogP contribution in [0.5, 0.6) is 5.75 Å². The summed E-state index contributed by atoms with van der Waals surface area (Å²) in [5.74, 6) is -1.35. The van der Waals surface area contributed by atoms with Crippen LogP contribution in [-0.4, -0.2) is 92.1 Å². The van der Waals surface area contributed by atoms with Crippen LogP contribution in [-0.2, 0) is 34.4 Å². The molecule has 4 amide bonds. The van der Waals surface area contributed by atoms with E-state index in [1.165, 1.54) is 11.3 Å². The lowest BCUT2D eigenvalue weighted by atomic mass is 9.77. The summed E-state index contributed by atoms with van der Waals surface area (Å²) in [6, 6.07) is 28.4. The number of thiazole rings is 1. The van der Waals surface area contributed by atoms with Gasteiger partial charge in [-0.2, -0.15) is 5.10 Å². The van der Waals surface area contributed by atoms with Crippen molar-refractivity contribution < 1.29 is 33.8 Å². The number of nitrogens with one attached hydrogen (secondary N) is 3. The van der Waals surface area contributed by atoms with E-state index in [4.69, 9.17) is 9.72 Å². The Morgan fingerprint density at radius 2 is 1.73 bits per heavy atom. The lowest BCUT2D eigenvalue weighted by molar-refractivity contribution is -0.134. The number of aromatic nitrogens is 4. The highest BCUT2D eigenvalue weighted by molar-refractivity contribution is 7.22. The molecule has 3 aromatic heterocycles. The summed E-state index contributed by atoms with van der Waals surface area (Å²) >= 11 is 1.43. The highest BCUT2D eigenvalue weighted by Crippen LogP contribution is 2.38. The van der Waals surface area contributed by atoms with Crippen LogP contribution in [0.3, 0.4) is 0 Å². The Morgan fingerprint density at radius 1 is 0.915 bits per heavy atom. The number of fused-ring (bicyclic) bond motifs is 3. The number of imide groups is 1. The van der Waals surface area contributed by atoms with Gasteiger partial charge in [0, 0.05) is 48.8 Å². The zero-order valence-electron chi connectivity index (χ0n) is 39.9. The predicted octanol–water partition coefficient (Wildman–Crippen LogP) is 8.49. The molecule has 1 atom stereocenters. The number of carbonyl (C=O) groups excluding carboxylic acids is 4. The molecule has 17 heteroatoms. The van der Waals surface area contributed by atoms with Crippen LogP contribution in [0.25, 0.3) is 32.2 Å². The zero-order chi connectivity index (χ0) is 49.4. The lowest BCUT2D eigenvalue weighted by Crippen LogP contribution is -2.42. The normalized spacial score (nSPS) is 16.9. The van der Waals surface area contributed by atoms with Crippen LogP contribution in [0.1, 0.15) is 94.6 Å². The molecule has 0 spiro atoms. The van der Waals surface area contributed by atoms with E-state index in [2.05, 4.69) is 37.9 Å². The number of nitrogens with zero attached hydrogens (tertiary/aromatic N) is 6. The number of aryl methyl sites for hydroxylation is 1. The number of aromatic carboxylic acids is 1. The van der Waals surface area contributed by atoms with Crippen LogP contribution in [0.15, 0.2) is 91.0 Å². The van der Waals surface area contributed by atoms with Gasteiger partial charge < -0.3 is 20.1 Å². The summed E-state index contributed by atoms with van der Waals surface area (Å²) in [6.45, 7) is 7.64. The molecule has 71 heavy (non-hydrogen) atoms. The maximum absolute atomic E-state index is 13.6. The van der Waals surface area contributed by atoms with Gasteiger partial charge in [-0.05, 0) is 141 Å². The van der Waals surface area contributed by atoms with E-state index in [0.717, 1.165) is 82.1 Å². The summed E-state index contributed by atoms with van der Waals surface area (Å²) in [7, 11) is 1.80. The fourth-order valence-electron chi connectivity index (χ4n) is 10.3. The van der Waals surface area contributed by atoms with E-state index in [9.17, 15) is 29.1 Å². The number of piperidine rings is 2. The first-order valence-electron chi connectivity index (χ1n) is 24.1. The molecular formula is C54H55N9O7S. The van der Waals surface area contributed by atoms with Crippen molar-refractivity contribution in [3.8, 4) is 16.9 Å². The average molecular weight is 974 g/mol. The second kappa shape index (κ2) is 19.7. The summed E-state index contributed by atoms with van der Waals surface area (Å²) in [4.78, 5) is 77.4. The number of para-hydroxylation sites is 1. The molecule has 0 radical (unpaired) electrons. The van der Waals surface area contributed by atoms with Crippen LogP contribution >= 0.6 is 11.3 Å². The first-order valence-corrected chi connectivity index (χ1v) is 24.9. The van der Waals surface area contributed by atoms with E-state index in [-0.39, 0.29) is 47.7 Å². The number of benzene rings is 4. The summed E-state index contributed by atoms with van der Waals surface area (Å²) in [5, 5.41) is 24.9. The Hall–Kier alpha value is -7.50. The number of anilines is 3. The first kappa shape index (κ1) is 47.2. The molecule has 1 unspecified atom stereocenters. The van der Waals surface area contributed by atoms with Crippen molar-refractivity contribution in [3.63, 3.8) is 0 Å². The minimum absolute atomic E-state index is 0.0551. The number of likely N-dealkylation sites (tertiary alicyclic amines) is 1. The average Bonchev–Trinajstić information content (AvgIpc) is 3.92. The molecule has 4 aromatic carbocycles. The summed E-state index contributed by atoms with van der Waals surface area (Å²) < 4.78 is 9.06. The van der Waals surface area contributed by atoms with Crippen LogP contribution < -0.4 is 25.6 Å². The topological polar surface area (TPSA) is 201 Å². The minimum Gasteiger partial charge on any atom is -0.493 e. The number of rotatable bonds is 14. The molecule has 2 saturated heterocycles. The highest BCUT2D eigenvalue weighted by atomic mass is 32.1. The molecule has 3 aliphatic rings. The van der Waals surface area contributed by atoms with E-state index in [1.807, 2.05) is 103 Å². The van der Waals surface area contributed by atoms with E-state index >= 15 is 0 Å². The molecule has 6 heterocycles. The number of carboxylic acids is 1. The predicted molar refractivity (Wildman–Crippen MR) is 273 cm³/mol. The molecule has 2 fully saturated rings. The number of pyridine rings is 1. The van der Waals surface area contributed by atoms with Crippen molar-refractivity contribution in [3.05, 3.63) is 125 Å². The molecule has 364 valence electrons. The molecule has 0 aliphatic carbocycles. The first-order chi connectivity index (χ1) is 34.3. The molecular weight excluding hydrogens is 919 g/mol. The smallest absolute Gasteiger partial charge is 0.355 e. The van der Waals surface area contributed by atoms with Crippen molar-refractivity contribution in [1.29, 1.82) is 0 Å². The SMILES string of the molecule is Cc1c(OCCCC2(C)CCN(CC(=O)Nc3ccc4c(C5CCC(=O)NC5=O)nn(C)c4c3)CC2)cccc1-c1ccc(N2CCc3cccc(C(=O)Nc4nc5ccccc5s4)c3C2)nc1C(=O)O. The number of carbonyl (C=O) groups is 5. The van der Waals surface area contributed by atoms with Gasteiger partial charge in [0.2, 0.25) is 17.7 Å². The minimum atomic E-state index is -1.13. The Kier molecular flexibility index (Phi) is 13.1. The molecule has 3 aliphatic heterocycles. The summed E-state index contributed by atoms with van der Waals surface area (Å²) in [6.07, 6.45) is 5.06. The molecule has 7 aromatic rings. The van der Waals surface area contributed by atoms with Gasteiger partial charge in [-0.1, -0.05) is 54.7 Å². The van der Waals surface area contributed by atoms with Crippen LogP contribution in [0.4, 0.5) is 16.6 Å². The number of hydrogen-bond donors (Lipinski definition) is 4. The summed E-state index contributed by atoms with van der Waals surface area (Å²) in [5.41, 5.74) is 7.52. The third kappa shape index (κ3) is 9.97. The number of ether oxygens (including phenoxy) is 1. The molecule has 10 rings (SSSR count). The van der Waals surface area contributed by atoms with E-state index in [0.29, 0.717) is 71.7 Å². The van der Waals surface area contributed by atoms with Gasteiger partial charge in [0.25, 0.3) is 5.91 Å². The van der Waals surface area contributed by atoms with Crippen molar-refractivity contribution in [1.82, 2.24) is 30.0 Å². The highest BCUT2D eigenvalue weighted by Gasteiger charge is 2.33. The lowest BCUT2D eigenvalue weighted by Gasteiger charge is -2.39. The Labute approximate surface area is 414 Å². The monoisotopic (exact) mass is 973 g/mol. The molecule has 0 bridgehead atoms. The van der Waals surface area contributed by atoms with Gasteiger partial charge in [0.1, 0.15) is 11.6 Å². The largest absolute Gasteiger partial charge is 0.493 e. The molecule has 16 nitrogen and oxygen atoms in total. The van der Waals surface area contributed by atoms with Gasteiger partial charge in [-0.3, -0.25) is 39.4 Å². The fourth-order valence-corrected chi connectivity index (χ4v) is 11.2. The zero-order valence-corrected chi connectivity index (χ0v) is 40.7.